The molecule has 1 aliphatic rings. The van der Waals surface area contributed by atoms with Crippen molar-refractivity contribution in [2.24, 2.45) is 0 Å². The number of benzene rings is 1. The zero-order valence-corrected chi connectivity index (χ0v) is 14.0. The predicted molar refractivity (Wildman–Crippen MR) is 88.5 cm³/mol. The van der Waals surface area contributed by atoms with Gasteiger partial charge in [-0.25, -0.2) is 0 Å². The SMILES string of the molecule is CCN1CCN(C(=O)[C@@H](C)Oc2ccc(-c3nnco3)cc2)CC1. The van der Waals surface area contributed by atoms with E-state index in [1.807, 2.05) is 17.0 Å². The van der Waals surface area contributed by atoms with Crippen LogP contribution in [-0.2, 0) is 4.79 Å². The molecule has 0 saturated carbocycles. The van der Waals surface area contributed by atoms with Crippen molar-refractivity contribution in [1.29, 1.82) is 0 Å². The van der Waals surface area contributed by atoms with E-state index in [9.17, 15) is 4.79 Å². The Kier molecular flexibility index (Phi) is 5.10. The van der Waals surface area contributed by atoms with Crippen LogP contribution in [0.4, 0.5) is 0 Å². The van der Waals surface area contributed by atoms with Crippen molar-refractivity contribution >= 4 is 5.91 Å². The van der Waals surface area contributed by atoms with E-state index >= 15 is 0 Å². The van der Waals surface area contributed by atoms with Gasteiger partial charge in [-0.15, -0.1) is 10.2 Å². The van der Waals surface area contributed by atoms with Crippen LogP contribution in [0.15, 0.2) is 35.1 Å². The van der Waals surface area contributed by atoms with E-state index in [0.717, 1.165) is 38.3 Å². The Morgan fingerprint density at radius 2 is 1.96 bits per heavy atom. The highest BCUT2D eigenvalue weighted by atomic mass is 16.5. The van der Waals surface area contributed by atoms with Gasteiger partial charge < -0.3 is 19.0 Å². The molecule has 0 aliphatic carbocycles. The van der Waals surface area contributed by atoms with Crippen LogP contribution in [0.25, 0.3) is 11.5 Å². The Bertz CT molecular complexity index is 649. The van der Waals surface area contributed by atoms with Crippen molar-refractivity contribution < 1.29 is 13.9 Å². The molecular weight excluding hydrogens is 308 g/mol. The van der Waals surface area contributed by atoms with Crippen LogP contribution in [-0.4, -0.2) is 64.7 Å². The molecule has 2 heterocycles. The Morgan fingerprint density at radius 3 is 2.54 bits per heavy atom. The first-order valence-electron chi connectivity index (χ1n) is 8.21. The van der Waals surface area contributed by atoms with Gasteiger partial charge in [0.25, 0.3) is 5.91 Å². The van der Waals surface area contributed by atoms with E-state index in [1.165, 1.54) is 6.39 Å². The summed E-state index contributed by atoms with van der Waals surface area (Å²) in [5.41, 5.74) is 0.814. The number of amides is 1. The summed E-state index contributed by atoms with van der Waals surface area (Å²) < 4.78 is 10.9. The molecular formula is C17H22N4O3. The predicted octanol–water partition coefficient (Wildman–Crippen LogP) is 1.67. The van der Waals surface area contributed by atoms with Gasteiger partial charge >= 0.3 is 0 Å². The Labute approximate surface area is 141 Å². The third kappa shape index (κ3) is 3.73. The number of ether oxygens (including phenoxy) is 1. The van der Waals surface area contributed by atoms with Crippen LogP contribution in [0.1, 0.15) is 13.8 Å². The van der Waals surface area contributed by atoms with Crippen molar-refractivity contribution in [2.45, 2.75) is 20.0 Å². The molecule has 2 aromatic rings. The molecule has 7 nitrogen and oxygen atoms in total. The van der Waals surface area contributed by atoms with Gasteiger partial charge in [0.2, 0.25) is 12.3 Å². The average Bonchev–Trinajstić information content (AvgIpc) is 3.16. The minimum atomic E-state index is -0.507. The molecule has 24 heavy (non-hydrogen) atoms. The van der Waals surface area contributed by atoms with E-state index in [-0.39, 0.29) is 5.91 Å². The first-order valence-corrected chi connectivity index (χ1v) is 8.21. The largest absolute Gasteiger partial charge is 0.481 e. The van der Waals surface area contributed by atoms with Crippen LogP contribution < -0.4 is 4.74 Å². The molecule has 0 radical (unpaired) electrons. The molecule has 3 rings (SSSR count). The van der Waals surface area contributed by atoms with Gasteiger partial charge in [-0.3, -0.25) is 4.79 Å². The molecule has 7 heteroatoms. The Morgan fingerprint density at radius 1 is 1.25 bits per heavy atom. The van der Waals surface area contributed by atoms with Crippen molar-refractivity contribution in [3.63, 3.8) is 0 Å². The van der Waals surface area contributed by atoms with Crippen LogP contribution in [0, 0.1) is 0 Å². The smallest absolute Gasteiger partial charge is 0.263 e. The summed E-state index contributed by atoms with van der Waals surface area (Å²) in [5.74, 6) is 1.14. The van der Waals surface area contributed by atoms with Crippen molar-refractivity contribution in [3.05, 3.63) is 30.7 Å². The van der Waals surface area contributed by atoms with Gasteiger partial charge in [-0.1, -0.05) is 6.92 Å². The van der Waals surface area contributed by atoms with Crippen molar-refractivity contribution in [3.8, 4) is 17.2 Å². The van der Waals surface area contributed by atoms with Crippen LogP contribution in [0.5, 0.6) is 5.75 Å². The molecule has 1 atom stereocenters. The lowest BCUT2D eigenvalue weighted by Gasteiger charge is -2.35. The number of carbonyl (C=O) groups excluding carboxylic acids is 1. The van der Waals surface area contributed by atoms with Gasteiger partial charge in [0.1, 0.15) is 5.75 Å². The van der Waals surface area contributed by atoms with Gasteiger partial charge in [0, 0.05) is 31.7 Å². The number of nitrogens with zero attached hydrogens (tertiary/aromatic N) is 4. The summed E-state index contributed by atoms with van der Waals surface area (Å²) in [6.07, 6.45) is 0.783. The summed E-state index contributed by atoms with van der Waals surface area (Å²) in [5, 5.41) is 7.51. The topological polar surface area (TPSA) is 71.7 Å². The fourth-order valence-electron chi connectivity index (χ4n) is 2.77. The first kappa shape index (κ1) is 16.4. The molecule has 0 N–H and O–H groups in total. The van der Waals surface area contributed by atoms with E-state index in [1.54, 1.807) is 19.1 Å². The number of piperazine rings is 1. The number of hydrogen-bond donors (Lipinski definition) is 0. The summed E-state index contributed by atoms with van der Waals surface area (Å²) in [6.45, 7) is 8.33. The highest BCUT2D eigenvalue weighted by Gasteiger charge is 2.25. The van der Waals surface area contributed by atoms with Crippen molar-refractivity contribution in [2.75, 3.05) is 32.7 Å². The number of aromatic nitrogens is 2. The molecule has 0 spiro atoms. The number of rotatable bonds is 5. The summed E-state index contributed by atoms with van der Waals surface area (Å²) >= 11 is 0. The van der Waals surface area contributed by atoms with Gasteiger partial charge in [0.05, 0.1) is 0 Å². The normalized spacial score (nSPS) is 16.8. The molecule has 0 bridgehead atoms. The highest BCUT2D eigenvalue weighted by Crippen LogP contribution is 2.21. The van der Waals surface area contributed by atoms with Gasteiger partial charge in [0.15, 0.2) is 6.10 Å². The standard InChI is InChI=1S/C17H22N4O3/c1-3-20-8-10-21(11-9-20)17(22)13(2)24-15-6-4-14(5-7-15)16-19-18-12-23-16/h4-7,12-13H,3,8-11H2,1-2H3/t13-/m1/s1. The second-order valence-electron chi connectivity index (χ2n) is 5.79. The third-order valence-corrected chi connectivity index (χ3v) is 4.25. The van der Waals surface area contributed by atoms with Gasteiger partial charge in [-0.2, -0.15) is 0 Å². The second kappa shape index (κ2) is 7.44. The highest BCUT2D eigenvalue weighted by molar-refractivity contribution is 5.81. The zero-order valence-electron chi connectivity index (χ0n) is 14.0. The maximum Gasteiger partial charge on any atom is 0.263 e. The molecule has 0 unspecified atom stereocenters. The molecule has 1 saturated heterocycles. The molecule has 1 aromatic carbocycles. The minimum Gasteiger partial charge on any atom is -0.481 e. The van der Waals surface area contributed by atoms with Crippen LogP contribution >= 0.6 is 0 Å². The Hall–Kier alpha value is -2.41. The summed E-state index contributed by atoms with van der Waals surface area (Å²) in [7, 11) is 0. The zero-order chi connectivity index (χ0) is 16.9. The maximum absolute atomic E-state index is 12.5. The lowest BCUT2D eigenvalue weighted by Crippen LogP contribution is -2.51. The van der Waals surface area contributed by atoms with Crippen LogP contribution in [0.2, 0.25) is 0 Å². The van der Waals surface area contributed by atoms with E-state index in [2.05, 4.69) is 22.0 Å². The second-order valence-corrected chi connectivity index (χ2v) is 5.79. The lowest BCUT2D eigenvalue weighted by molar-refractivity contribution is -0.139. The number of hydrogen-bond acceptors (Lipinski definition) is 6. The molecule has 1 aliphatic heterocycles. The molecule has 1 fully saturated rings. The maximum atomic E-state index is 12.5. The first-order chi connectivity index (χ1) is 11.7. The summed E-state index contributed by atoms with van der Waals surface area (Å²) in [6, 6.07) is 7.27. The lowest BCUT2D eigenvalue weighted by atomic mass is 10.2. The third-order valence-electron chi connectivity index (χ3n) is 4.25. The summed E-state index contributed by atoms with van der Waals surface area (Å²) in [4.78, 5) is 16.7. The van der Waals surface area contributed by atoms with Crippen molar-refractivity contribution in [1.82, 2.24) is 20.0 Å². The van der Waals surface area contributed by atoms with Gasteiger partial charge in [-0.05, 0) is 37.7 Å². The van der Waals surface area contributed by atoms with E-state index in [4.69, 9.17) is 9.15 Å². The Balaban J connectivity index is 1.56. The van der Waals surface area contributed by atoms with E-state index in [0.29, 0.717) is 11.6 Å². The fourth-order valence-corrected chi connectivity index (χ4v) is 2.77. The van der Waals surface area contributed by atoms with E-state index < -0.39 is 6.10 Å². The monoisotopic (exact) mass is 330 g/mol. The minimum absolute atomic E-state index is 0.0340. The molecule has 1 aromatic heterocycles. The quantitative estimate of drug-likeness (QED) is 0.830. The molecule has 1 amide bonds. The average molecular weight is 330 g/mol. The van der Waals surface area contributed by atoms with Crippen LogP contribution in [0.3, 0.4) is 0 Å². The number of likely N-dealkylation sites (N-methyl/N-ethyl adjacent to an activating group) is 1. The molecule has 128 valence electrons. The fraction of sp³-hybridized carbons (Fsp3) is 0.471. The number of carbonyl (C=O) groups is 1.